The van der Waals surface area contributed by atoms with E-state index < -0.39 is 0 Å². The van der Waals surface area contributed by atoms with Gasteiger partial charge in [0.15, 0.2) is 0 Å². The zero-order valence-electron chi connectivity index (χ0n) is 11.5. The summed E-state index contributed by atoms with van der Waals surface area (Å²) in [5.74, 6) is -0.335. The predicted molar refractivity (Wildman–Crippen MR) is 84.7 cm³/mol. The van der Waals surface area contributed by atoms with E-state index in [1.165, 1.54) is 0 Å². The molecule has 106 valence electrons. The molecule has 0 atom stereocenters. The van der Waals surface area contributed by atoms with Crippen LogP contribution in [-0.2, 0) is 4.74 Å². The van der Waals surface area contributed by atoms with Crippen molar-refractivity contribution in [3.63, 3.8) is 0 Å². The van der Waals surface area contributed by atoms with Gasteiger partial charge in [-0.05, 0) is 42.3 Å². The Morgan fingerprint density at radius 2 is 1.95 bits per heavy atom. The van der Waals surface area contributed by atoms with Gasteiger partial charge in [0, 0.05) is 15.9 Å². The minimum absolute atomic E-state index is 0.335. The first-order valence-corrected chi connectivity index (χ1v) is 7.11. The number of halogens is 1. The molecule has 4 heteroatoms. The quantitative estimate of drug-likeness (QED) is 0.714. The summed E-state index contributed by atoms with van der Waals surface area (Å²) in [6.45, 7) is 2.15. The van der Waals surface area contributed by atoms with Crippen molar-refractivity contribution in [2.24, 2.45) is 0 Å². The lowest BCUT2D eigenvalue weighted by Gasteiger charge is -2.02. The third-order valence-corrected chi connectivity index (χ3v) is 3.51. The Morgan fingerprint density at radius 1 is 1.14 bits per heavy atom. The molecule has 0 unspecified atom stereocenters. The van der Waals surface area contributed by atoms with E-state index in [4.69, 9.17) is 16.3 Å². The van der Waals surface area contributed by atoms with E-state index in [0.29, 0.717) is 17.3 Å². The first-order chi connectivity index (χ1) is 10.2. The zero-order valence-corrected chi connectivity index (χ0v) is 12.3. The fourth-order valence-electron chi connectivity index (χ4n) is 2.29. The summed E-state index contributed by atoms with van der Waals surface area (Å²) in [5.41, 5.74) is 3.45. The average molecular weight is 300 g/mol. The van der Waals surface area contributed by atoms with Gasteiger partial charge in [0.25, 0.3) is 0 Å². The van der Waals surface area contributed by atoms with Crippen LogP contribution < -0.4 is 0 Å². The molecular weight excluding hydrogens is 286 g/mol. The summed E-state index contributed by atoms with van der Waals surface area (Å²) in [6.07, 6.45) is 0. The molecule has 0 bridgehead atoms. The molecule has 1 aromatic heterocycles. The van der Waals surface area contributed by atoms with Gasteiger partial charge in [0.2, 0.25) is 0 Å². The van der Waals surface area contributed by atoms with Crippen molar-refractivity contribution in [2.45, 2.75) is 6.92 Å². The fourth-order valence-corrected chi connectivity index (χ4v) is 2.48. The molecule has 3 aromatic rings. The lowest BCUT2D eigenvalue weighted by molar-refractivity contribution is 0.0520. The summed E-state index contributed by atoms with van der Waals surface area (Å²) in [4.78, 5) is 14.8. The van der Waals surface area contributed by atoms with E-state index in [2.05, 4.69) is 4.98 Å². The SMILES string of the molecule is CCOC(=O)c1cc2ccc(-c3cccc(Cl)c3)cc2[nH]1. The van der Waals surface area contributed by atoms with E-state index >= 15 is 0 Å². The second kappa shape index (κ2) is 5.62. The number of ether oxygens (including phenoxy) is 1. The summed E-state index contributed by atoms with van der Waals surface area (Å²) in [5, 5.41) is 1.68. The number of aromatic nitrogens is 1. The van der Waals surface area contributed by atoms with Gasteiger partial charge < -0.3 is 9.72 Å². The molecule has 0 aliphatic rings. The maximum absolute atomic E-state index is 11.7. The van der Waals surface area contributed by atoms with E-state index in [-0.39, 0.29) is 5.97 Å². The Hall–Kier alpha value is -2.26. The maximum atomic E-state index is 11.7. The molecule has 0 aliphatic carbocycles. The highest BCUT2D eigenvalue weighted by atomic mass is 35.5. The first kappa shape index (κ1) is 13.7. The third kappa shape index (κ3) is 2.78. The second-order valence-corrected chi connectivity index (χ2v) is 5.15. The van der Waals surface area contributed by atoms with Crippen molar-refractivity contribution < 1.29 is 9.53 Å². The van der Waals surface area contributed by atoms with Crippen molar-refractivity contribution in [3.8, 4) is 11.1 Å². The van der Waals surface area contributed by atoms with Crippen LogP contribution in [-0.4, -0.2) is 17.6 Å². The average Bonchev–Trinajstić information content (AvgIpc) is 2.90. The molecule has 0 fully saturated rings. The first-order valence-electron chi connectivity index (χ1n) is 6.73. The molecular formula is C17H14ClNO2. The number of esters is 1. The van der Waals surface area contributed by atoms with Gasteiger partial charge in [-0.25, -0.2) is 4.79 Å². The second-order valence-electron chi connectivity index (χ2n) is 4.72. The van der Waals surface area contributed by atoms with Crippen LogP contribution >= 0.6 is 11.6 Å². The molecule has 0 saturated heterocycles. The van der Waals surface area contributed by atoms with E-state index in [9.17, 15) is 4.79 Å². The molecule has 1 N–H and O–H groups in total. The molecule has 2 aromatic carbocycles. The van der Waals surface area contributed by atoms with Gasteiger partial charge >= 0.3 is 5.97 Å². The van der Waals surface area contributed by atoms with Crippen LogP contribution in [0.25, 0.3) is 22.0 Å². The lowest BCUT2D eigenvalue weighted by atomic mass is 10.0. The largest absolute Gasteiger partial charge is 0.461 e. The molecule has 0 spiro atoms. The number of H-pyrrole nitrogens is 1. The van der Waals surface area contributed by atoms with Crippen LogP contribution in [0.15, 0.2) is 48.5 Å². The highest BCUT2D eigenvalue weighted by molar-refractivity contribution is 6.30. The Morgan fingerprint density at radius 3 is 2.71 bits per heavy atom. The Labute approximate surface area is 127 Å². The normalized spacial score (nSPS) is 10.8. The number of benzene rings is 2. The summed E-state index contributed by atoms with van der Waals surface area (Å²) >= 11 is 6.02. The van der Waals surface area contributed by atoms with Gasteiger partial charge in [-0.2, -0.15) is 0 Å². The van der Waals surface area contributed by atoms with Crippen molar-refractivity contribution in [2.75, 3.05) is 6.61 Å². The number of fused-ring (bicyclic) bond motifs is 1. The van der Waals surface area contributed by atoms with Crippen LogP contribution in [0.2, 0.25) is 5.02 Å². The van der Waals surface area contributed by atoms with Crippen LogP contribution in [0, 0.1) is 0 Å². The number of carbonyl (C=O) groups is 1. The highest BCUT2D eigenvalue weighted by Gasteiger charge is 2.10. The smallest absolute Gasteiger partial charge is 0.354 e. The van der Waals surface area contributed by atoms with Crippen molar-refractivity contribution in [3.05, 3.63) is 59.2 Å². The van der Waals surface area contributed by atoms with Crippen LogP contribution in [0.3, 0.4) is 0 Å². The van der Waals surface area contributed by atoms with Gasteiger partial charge in [0.05, 0.1) is 6.61 Å². The van der Waals surface area contributed by atoms with Crippen LogP contribution in [0.5, 0.6) is 0 Å². The molecule has 3 rings (SSSR count). The zero-order chi connectivity index (χ0) is 14.8. The van der Waals surface area contributed by atoms with E-state index in [1.807, 2.05) is 42.5 Å². The standard InChI is InChI=1S/C17H14ClNO2/c1-2-21-17(20)16-10-13-7-6-12(9-15(13)19-16)11-4-3-5-14(18)8-11/h3-10,19H,2H2,1H3. The van der Waals surface area contributed by atoms with Crippen LogP contribution in [0.1, 0.15) is 17.4 Å². The molecule has 0 aliphatic heterocycles. The van der Waals surface area contributed by atoms with Gasteiger partial charge in [-0.15, -0.1) is 0 Å². The topological polar surface area (TPSA) is 42.1 Å². The number of hydrogen-bond donors (Lipinski definition) is 1. The summed E-state index contributed by atoms with van der Waals surface area (Å²) < 4.78 is 5.00. The predicted octanol–water partition coefficient (Wildman–Crippen LogP) is 4.67. The van der Waals surface area contributed by atoms with Crippen molar-refractivity contribution >= 4 is 28.5 Å². The van der Waals surface area contributed by atoms with E-state index in [1.54, 1.807) is 13.0 Å². The highest BCUT2D eigenvalue weighted by Crippen LogP contribution is 2.26. The number of nitrogens with one attached hydrogen (secondary N) is 1. The molecule has 0 radical (unpaired) electrons. The molecule has 0 saturated carbocycles. The van der Waals surface area contributed by atoms with Crippen molar-refractivity contribution in [1.82, 2.24) is 4.98 Å². The van der Waals surface area contributed by atoms with Gasteiger partial charge in [-0.1, -0.05) is 35.9 Å². The Balaban J connectivity index is 2.02. The van der Waals surface area contributed by atoms with Crippen molar-refractivity contribution in [1.29, 1.82) is 0 Å². The molecule has 3 nitrogen and oxygen atoms in total. The molecule has 1 heterocycles. The van der Waals surface area contributed by atoms with Gasteiger partial charge in [0.1, 0.15) is 5.69 Å². The third-order valence-electron chi connectivity index (χ3n) is 3.28. The Kier molecular flexibility index (Phi) is 3.67. The number of carbonyl (C=O) groups excluding carboxylic acids is 1. The summed E-state index contributed by atoms with van der Waals surface area (Å²) in [6, 6.07) is 15.5. The minimum atomic E-state index is -0.335. The minimum Gasteiger partial charge on any atom is -0.461 e. The number of rotatable bonds is 3. The Bertz CT molecular complexity index is 807. The van der Waals surface area contributed by atoms with Gasteiger partial charge in [-0.3, -0.25) is 0 Å². The lowest BCUT2D eigenvalue weighted by Crippen LogP contribution is -2.04. The number of hydrogen-bond acceptors (Lipinski definition) is 2. The molecule has 21 heavy (non-hydrogen) atoms. The summed E-state index contributed by atoms with van der Waals surface area (Å²) in [7, 11) is 0. The molecule has 0 amide bonds. The maximum Gasteiger partial charge on any atom is 0.354 e. The fraction of sp³-hybridized carbons (Fsp3) is 0.118. The number of aromatic amines is 1. The van der Waals surface area contributed by atoms with E-state index in [0.717, 1.165) is 22.0 Å². The monoisotopic (exact) mass is 299 g/mol. The van der Waals surface area contributed by atoms with Crippen LogP contribution in [0.4, 0.5) is 0 Å².